The monoisotopic (exact) mass is 680 g/mol. The van der Waals surface area contributed by atoms with Crippen molar-refractivity contribution in [2.45, 2.75) is 25.8 Å². The van der Waals surface area contributed by atoms with Gasteiger partial charge in [-0.25, -0.2) is 0 Å². The van der Waals surface area contributed by atoms with E-state index in [1.165, 1.54) is 33.4 Å². The van der Waals surface area contributed by atoms with Gasteiger partial charge in [-0.1, -0.05) is 109 Å². The molecule has 1 fully saturated rings. The van der Waals surface area contributed by atoms with Gasteiger partial charge in [0.2, 0.25) is 0 Å². The fourth-order valence-electron chi connectivity index (χ4n) is 8.07. The Morgan fingerprint density at radius 1 is 0.604 bits per heavy atom. The summed E-state index contributed by atoms with van der Waals surface area (Å²) in [5.74, 6) is 0. The maximum Gasteiger partial charge on any atom is 0.0998 e. The van der Waals surface area contributed by atoms with E-state index in [9.17, 15) is 10.5 Å². The van der Waals surface area contributed by atoms with Crippen LogP contribution in [0.25, 0.3) is 60.9 Å². The Balaban J connectivity index is 1.05. The number of rotatable bonds is 8. The highest BCUT2D eigenvalue weighted by atomic mass is 15.1. The minimum atomic E-state index is 0.404. The van der Waals surface area contributed by atoms with Crippen LogP contribution in [-0.2, 0) is 12.8 Å². The molecule has 53 heavy (non-hydrogen) atoms. The van der Waals surface area contributed by atoms with Crippen LogP contribution in [0.5, 0.6) is 0 Å². The molecule has 7 aromatic carbocycles. The second kappa shape index (κ2) is 13.4. The topological polar surface area (TPSA) is 74.5 Å². The van der Waals surface area contributed by atoms with Crippen molar-refractivity contribution in [1.82, 2.24) is 9.88 Å². The van der Waals surface area contributed by atoms with E-state index in [0.717, 1.165) is 69.1 Å². The Hall–Kier alpha value is -6.72. The molecule has 1 unspecified atom stereocenters. The van der Waals surface area contributed by atoms with Crippen LogP contribution in [0.1, 0.15) is 39.4 Å². The Labute approximate surface area is 309 Å². The van der Waals surface area contributed by atoms with Crippen molar-refractivity contribution in [3.05, 3.63) is 185 Å². The number of hydrogen-bond donors (Lipinski definition) is 1. The van der Waals surface area contributed by atoms with Gasteiger partial charge in [0.1, 0.15) is 0 Å². The van der Waals surface area contributed by atoms with Gasteiger partial charge in [0.25, 0.3) is 0 Å². The minimum absolute atomic E-state index is 0.404. The van der Waals surface area contributed by atoms with E-state index in [0.29, 0.717) is 17.2 Å². The highest BCUT2D eigenvalue weighted by molar-refractivity contribution is 6.09. The summed E-state index contributed by atoms with van der Waals surface area (Å²) < 4.78 is 2.28. The molecule has 0 bridgehead atoms. The van der Waals surface area contributed by atoms with Gasteiger partial charge >= 0.3 is 0 Å². The molecular weight excluding hydrogens is 645 g/mol. The number of aromatic nitrogens is 1. The average Bonchev–Trinajstić information content (AvgIpc) is 4.01. The van der Waals surface area contributed by atoms with E-state index in [1.54, 1.807) is 0 Å². The Morgan fingerprint density at radius 3 is 2.08 bits per heavy atom. The molecule has 9 rings (SSSR count). The zero-order valence-corrected chi connectivity index (χ0v) is 29.5. The van der Waals surface area contributed by atoms with E-state index < -0.39 is 0 Å². The van der Waals surface area contributed by atoms with Crippen molar-refractivity contribution in [1.29, 1.82) is 10.5 Å². The van der Waals surface area contributed by atoms with Crippen LogP contribution in [-0.4, -0.2) is 11.1 Å². The molecule has 1 aliphatic rings. The molecule has 1 N–H and O–H groups in total. The molecule has 0 saturated carbocycles. The van der Waals surface area contributed by atoms with Gasteiger partial charge in [0.15, 0.2) is 0 Å². The van der Waals surface area contributed by atoms with Crippen molar-refractivity contribution in [2.24, 2.45) is 0 Å². The highest BCUT2D eigenvalue weighted by Crippen LogP contribution is 2.39. The van der Waals surface area contributed by atoms with Gasteiger partial charge in [-0.15, -0.1) is 0 Å². The third kappa shape index (κ3) is 5.86. The molecule has 2 heterocycles. The van der Waals surface area contributed by atoms with Crippen LogP contribution in [0.3, 0.4) is 0 Å². The maximum absolute atomic E-state index is 10.3. The fraction of sp³-hybridized carbons (Fsp3) is 0.102. The van der Waals surface area contributed by atoms with Crippen LogP contribution < -0.4 is 5.32 Å². The smallest absolute Gasteiger partial charge is 0.0998 e. The van der Waals surface area contributed by atoms with Gasteiger partial charge < -0.3 is 9.88 Å². The lowest BCUT2D eigenvalue weighted by atomic mass is 9.86. The van der Waals surface area contributed by atoms with Gasteiger partial charge in [-0.3, -0.25) is 0 Å². The number of nitrogens with zero attached hydrogens (tertiary/aromatic N) is 3. The largest absolute Gasteiger partial charge is 0.309 e. The summed E-state index contributed by atoms with van der Waals surface area (Å²) in [6.45, 7) is 3.21. The zero-order chi connectivity index (χ0) is 35.9. The quantitative estimate of drug-likeness (QED) is 0.162. The van der Waals surface area contributed by atoms with E-state index in [2.05, 4.69) is 144 Å². The molecule has 252 valence electrons. The van der Waals surface area contributed by atoms with Crippen molar-refractivity contribution in [3.63, 3.8) is 0 Å². The predicted octanol–water partition coefficient (Wildman–Crippen LogP) is 11.3. The molecule has 0 amide bonds. The summed E-state index contributed by atoms with van der Waals surface area (Å²) in [7, 11) is 0. The predicted molar refractivity (Wildman–Crippen MR) is 216 cm³/mol. The number of para-hydroxylation sites is 1. The molecular formula is C49H36N4. The van der Waals surface area contributed by atoms with E-state index in [4.69, 9.17) is 0 Å². The van der Waals surface area contributed by atoms with Gasteiger partial charge in [0, 0.05) is 34.6 Å². The minimum Gasteiger partial charge on any atom is -0.309 e. The SMILES string of the molecule is Cc1ccccc1-c1c(CCc2cccc(C#N)c2-c2ccc(-c3cccc(-n4c5ccccc5c5cc(C#N)ccc54)c3)cc2)cccc1C1CN1. The Kier molecular flexibility index (Phi) is 8.17. The number of aryl methyl sites for hydroxylation is 3. The first-order valence-electron chi connectivity index (χ1n) is 18.2. The van der Waals surface area contributed by atoms with Crippen molar-refractivity contribution in [3.8, 4) is 51.2 Å². The molecule has 4 heteroatoms. The average molecular weight is 681 g/mol. The molecule has 1 aromatic heterocycles. The van der Waals surface area contributed by atoms with Crippen LogP contribution in [0.15, 0.2) is 152 Å². The maximum atomic E-state index is 10.3. The number of nitrogens with one attached hydrogen (secondary N) is 1. The fourth-order valence-corrected chi connectivity index (χ4v) is 8.07. The summed E-state index contributed by atoms with van der Waals surface area (Å²) in [6, 6.07) is 58.3. The molecule has 1 aliphatic heterocycles. The molecule has 0 radical (unpaired) electrons. The van der Waals surface area contributed by atoms with Crippen LogP contribution >= 0.6 is 0 Å². The molecule has 4 nitrogen and oxygen atoms in total. The molecule has 8 aromatic rings. The lowest BCUT2D eigenvalue weighted by Gasteiger charge is -2.18. The normalized spacial score (nSPS) is 13.5. The highest BCUT2D eigenvalue weighted by Gasteiger charge is 2.27. The number of fused-ring (bicyclic) bond motifs is 3. The number of benzene rings is 7. The third-order valence-corrected chi connectivity index (χ3v) is 10.7. The summed E-state index contributed by atoms with van der Waals surface area (Å²) in [5, 5.41) is 25.6. The zero-order valence-electron chi connectivity index (χ0n) is 29.5. The van der Waals surface area contributed by atoms with Crippen LogP contribution in [0.4, 0.5) is 0 Å². The van der Waals surface area contributed by atoms with E-state index in [1.807, 2.05) is 36.4 Å². The first-order chi connectivity index (χ1) is 26.1. The van der Waals surface area contributed by atoms with Crippen molar-refractivity contribution in [2.75, 3.05) is 6.54 Å². The van der Waals surface area contributed by atoms with Crippen molar-refractivity contribution < 1.29 is 0 Å². The summed E-state index contributed by atoms with van der Waals surface area (Å²) >= 11 is 0. The lowest BCUT2D eigenvalue weighted by Crippen LogP contribution is -2.02. The first-order valence-corrected chi connectivity index (χ1v) is 18.2. The van der Waals surface area contributed by atoms with Crippen molar-refractivity contribution >= 4 is 21.8 Å². The number of hydrogen-bond acceptors (Lipinski definition) is 3. The number of nitriles is 2. The van der Waals surface area contributed by atoms with Gasteiger partial charge in [-0.2, -0.15) is 10.5 Å². The van der Waals surface area contributed by atoms with E-state index in [-0.39, 0.29) is 0 Å². The molecule has 0 aliphatic carbocycles. The van der Waals surface area contributed by atoms with Gasteiger partial charge in [-0.05, 0) is 112 Å². The Bertz CT molecular complexity index is 2770. The van der Waals surface area contributed by atoms with Crippen LogP contribution in [0.2, 0.25) is 0 Å². The standard InChI is InChI=1S/C49H36N4/c1-32-9-2-3-15-41(32)49-36(11-8-17-43(49)45-31-52-45)25-24-35-10-6-13-39(30-51)48(35)37-22-20-34(21-23-37)38-12-7-14-40(28-38)53-46-18-5-4-16-42(46)44-27-33(29-50)19-26-47(44)53/h2-23,26-28,45,52H,24-25,31H2,1H3. The first kappa shape index (κ1) is 32.2. The molecule has 1 saturated heterocycles. The molecule has 1 atom stereocenters. The summed E-state index contributed by atoms with van der Waals surface area (Å²) in [6.07, 6.45) is 1.70. The third-order valence-electron chi connectivity index (χ3n) is 10.7. The summed E-state index contributed by atoms with van der Waals surface area (Å²) in [5.41, 5.74) is 16.7. The Morgan fingerprint density at radius 2 is 1.30 bits per heavy atom. The van der Waals surface area contributed by atoms with E-state index >= 15 is 0 Å². The van der Waals surface area contributed by atoms with Crippen LogP contribution in [0, 0.1) is 29.6 Å². The second-order valence-corrected chi connectivity index (χ2v) is 13.9. The lowest BCUT2D eigenvalue weighted by molar-refractivity contribution is 0.954. The summed E-state index contributed by atoms with van der Waals surface area (Å²) in [4.78, 5) is 0. The van der Waals surface area contributed by atoms with Gasteiger partial charge in [0.05, 0.1) is 34.3 Å². The second-order valence-electron chi connectivity index (χ2n) is 13.9. The molecule has 0 spiro atoms.